The molecule has 0 radical (unpaired) electrons. The van der Waals surface area contributed by atoms with Crippen molar-refractivity contribution in [2.45, 2.75) is 92.9 Å². The fourth-order valence-corrected chi connectivity index (χ4v) is 4.77. The van der Waals surface area contributed by atoms with Crippen molar-refractivity contribution in [1.29, 1.82) is 0 Å². The maximum absolute atomic E-state index is 3.80. The molecule has 35 heavy (non-hydrogen) atoms. The van der Waals surface area contributed by atoms with Gasteiger partial charge in [-0.25, -0.2) is 0 Å². The van der Waals surface area contributed by atoms with Gasteiger partial charge in [0.05, 0.1) is 0 Å². The summed E-state index contributed by atoms with van der Waals surface area (Å²) >= 11 is 0. The fourth-order valence-electron chi connectivity index (χ4n) is 4.77. The minimum absolute atomic E-state index is 0. The van der Waals surface area contributed by atoms with Crippen molar-refractivity contribution in [2.24, 2.45) is 0 Å². The maximum Gasteiger partial charge on any atom is 0.0411 e. The number of nitrogens with one attached hydrogen (secondary N) is 2. The summed E-state index contributed by atoms with van der Waals surface area (Å²) < 4.78 is 0. The molecule has 4 heteroatoms. The molecule has 0 aliphatic carbocycles. The van der Waals surface area contributed by atoms with E-state index < -0.39 is 0 Å². The monoisotopic (exact) mass is 523 g/mol. The second-order valence-corrected chi connectivity index (χ2v) is 11.4. The Morgan fingerprint density at radius 1 is 0.571 bits per heavy atom. The maximum atomic E-state index is 3.80. The second-order valence-electron chi connectivity index (χ2n) is 11.4. The normalized spacial score (nSPS) is 11.7. The fraction of sp³-hybridized carbons (Fsp3) is 0.613. The molecule has 0 bridgehead atoms. The van der Waals surface area contributed by atoms with Crippen LogP contribution < -0.4 is 10.6 Å². The van der Waals surface area contributed by atoms with Crippen molar-refractivity contribution < 1.29 is 16.5 Å². The molecule has 0 atom stereocenters. The van der Waals surface area contributed by atoms with E-state index in [0.717, 1.165) is 26.2 Å². The Morgan fingerprint density at radius 2 is 0.829 bits per heavy atom. The summed E-state index contributed by atoms with van der Waals surface area (Å²) in [6, 6.07) is 9.42. The average Bonchev–Trinajstić information content (AvgIpc) is 2.74. The molecule has 2 aromatic carbocycles. The summed E-state index contributed by atoms with van der Waals surface area (Å²) in [7, 11) is 2.23. The molecule has 0 saturated heterocycles. The van der Waals surface area contributed by atoms with E-state index in [-0.39, 0.29) is 16.5 Å². The number of benzene rings is 2. The van der Waals surface area contributed by atoms with Gasteiger partial charge in [0.1, 0.15) is 0 Å². The van der Waals surface area contributed by atoms with E-state index in [2.05, 4.69) is 116 Å². The smallest absolute Gasteiger partial charge is 0.0411 e. The number of rotatable bonds is 12. The van der Waals surface area contributed by atoms with Crippen LogP contribution in [0.25, 0.3) is 0 Å². The molecule has 2 rings (SSSR count). The zero-order valence-electron chi connectivity index (χ0n) is 24.2. The van der Waals surface area contributed by atoms with Crippen LogP contribution in [0.15, 0.2) is 24.3 Å². The summed E-state index contributed by atoms with van der Waals surface area (Å²) in [5.41, 5.74) is 11.2. The van der Waals surface area contributed by atoms with Crippen LogP contribution in [0.4, 0.5) is 11.4 Å². The Morgan fingerprint density at radius 3 is 1.06 bits per heavy atom. The molecule has 2 N–H and O–H groups in total. The number of likely N-dealkylation sites (N-methyl/N-ethyl adjacent to an activating group) is 1. The second kappa shape index (κ2) is 14.3. The van der Waals surface area contributed by atoms with Gasteiger partial charge in [0.25, 0.3) is 0 Å². The predicted octanol–water partition coefficient (Wildman–Crippen LogP) is 8.25. The molecule has 3 nitrogen and oxygen atoms in total. The van der Waals surface area contributed by atoms with Crippen molar-refractivity contribution in [3.8, 4) is 0 Å². The predicted molar refractivity (Wildman–Crippen MR) is 153 cm³/mol. The topological polar surface area (TPSA) is 27.3 Å². The molecule has 2 aromatic rings. The third-order valence-corrected chi connectivity index (χ3v) is 6.77. The molecule has 0 fully saturated rings. The van der Waals surface area contributed by atoms with Crippen molar-refractivity contribution in [2.75, 3.05) is 43.9 Å². The molecular formula is C31H51N3Ni. The molecule has 0 heterocycles. The van der Waals surface area contributed by atoms with Gasteiger partial charge in [-0.05, 0) is 66.8 Å². The first-order chi connectivity index (χ1) is 15.9. The molecule has 0 spiro atoms. The summed E-state index contributed by atoms with van der Waals surface area (Å²) in [6.45, 7) is 26.7. The van der Waals surface area contributed by atoms with E-state index in [1.165, 1.54) is 44.8 Å². The third kappa shape index (κ3) is 8.83. The standard InChI is InChI=1S/C31H51N3.Ni/c1-20(2)26-16-24(9)17-27(21(3)4)30(26)32-12-14-34(11)15-13-33-31-28(22(5)6)18-25(10)19-29(31)23(7)8;/h16-23,32-33H,12-15H2,1-11H3;. The Labute approximate surface area is 226 Å². The van der Waals surface area contributed by atoms with Gasteiger partial charge in [-0.15, -0.1) is 0 Å². The van der Waals surface area contributed by atoms with Crippen LogP contribution >= 0.6 is 0 Å². The Kier molecular flexibility index (Phi) is 12.9. The van der Waals surface area contributed by atoms with E-state index in [4.69, 9.17) is 0 Å². The van der Waals surface area contributed by atoms with Crippen molar-refractivity contribution in [3.05, 3.63) is 57.6 Å². The quantitative estimate of drug-likeness (QED) is 0.274. The van der Waals surface area contributed by atoms with Crippen LogP contribution in [-0.2, 0) is 16.5 Å². The molecule has 0 aliphatic heterocycles. The van der Waals surface area contributed by atoms with Crippen LogP contribution in [0.5, 0.6) is 0 Å². The molecule has 0 aliphatic rings. The average molecular weight is 524 g/mol. The number of hydrogen-bond donors (Lipinski definition) is 2. The first kappa shape index (κ1) is 31.5. The molecule has 200 valence electrons. The molecule has 0 unspecified atom stereocenters. The zero-order chi connectivity index (χ0) is 25.6. The van der Waals surface area contributed by atoms with E-state index in [1.54, 1.807) is 0 Å². The Balaban J connectivity index is 0.00000612. The van der Waals surface area contributed by atoms with Crippen molar-refractivity contribution >= 4 is 11.4 Å². The SMILES string of the molecule is Cc1cc(C(C)C)c(NCCN(C)CCNc2c(C(C)C)cc(C)cc2C(C)C)c(C(C)C)c1.[Ni]. The van der Waals surface area contributed by atoms with E-state index in [1.807, 2.05) is 0 Å². The largest absolute Gasteiger partial charge is 0.383 e. The minimum Gasteiger partial charge on any atom is -0.383 e. The first-order valence-electron chi connectivity index (χ1n) is 13.4. The minimum atomic E-state index is 0. The van der Waals surface area contributed by atoms with Crippen molar-refractivity contribution in [3.63, 3.8) is 0 Å². The van der Waals surface area contributed by atoms with Gasteiger partial charge < -0.3 is 15.5 Å². The van der Waals surface area contributed by atoms with Crippen molar-refractivity contribution in [1.82, 2.24) is 4.90 Å². The molecule has 0 saturated carbocycles. The van der Waals surface area contributed by atoms with Gasteiger partial charge in [-0.2, -0.15) is 0 Å². The Bertz CT molecular complexity index is 797. The Hall–Kier alpha value is -1.51. The van der Waals surface area contributed by atoms with Crippen LogP contribution in [0.3, 0.4) is 0 Å². The third-order valence-electron chi connectivity index (χ3n) is 6.77. The number of nitrogens with zero attached hydrogens (tertiary/aromatic N) is 1. The van der Waals surface area contributed by atoms with Gasteiger partial charge >= 0.3 is 0 Å². The first-order valence-corrected chi connectivity index (χ1v) is 13.4. The number of anilines is 2. The van der Waals surface area contributed by atoms with Gasteiger partial charge in [0.2, 0.25) is 0 Å². The number of aryl methyl sites for hydroxylation is 2. The van der Waals surface area contributed by atoms with Crippen LogP contribution in [0, 0.1) is 13.8 Å². The van der Waals surface area contributed by atoms with Crippen LogP contribution in [-0.4, -0.2) is 38.1 Å². The summed E-state index contributed by atoms with van der Waals surface area (Å²) in [5, 5.41) is 7.61. The van der Waals surface area contributed by atoms with Crippen LogP contribution in [0.1, 0.15) is 112 Å². The van der Waals surface area contributed by atoms with E-state index in [9.17, 15) is 0 Å². The van der Waals surface area contributed by atoms with Crippen LogP contribution in [0.2, 0.25) is 0 Å². The molecular weight excluding hydrogens is 473 g/mol. The van der Waals surface area contributed by atoms with Gasteiger partial charge in [0, 0.05) is 54.0 Å². The summed E-state index contributed by atoms with van der Waals surface area (Å²) in [4.78, 5) is 2.43. The van der Waals surface area contributed by atoms with Gasteiger partial charge in [0.15, 0.2) is 0 Å². The zero-order valence-corrected chi connectivity index (χ0v) is 25.2. The van der Waals surface area contributed by atoms with Gasteiger partial charge in [-0.1, -0.05) is 90.8 Å². The van der Waals surface area contributed by atoms with Gasteiger partial charge in [-0.3, -0.25) is 0 Å². The summed E-state index contributed by atoms with van der Waals surface area (Å²) in [5.74, 6) is 2.06. The van der Waals surface area contributed by atoms with E-state index >= 15 is 0 Å². The van der Waals surface area contributed by atoms with E-state index in [0.29, 0.717) is 23.7 Å². The molecule has 0 aromatic heterocycles. The molecule has 0 amide bonds. The summed E-state index contributed by atoms with van der Waals surface area (Å²) in [6.07, 6.45) is 0. The number of hydrogen-bond acceptors (Lipinski definition) is 3.